The van der Waals surface area contributed by atoms with Crippen LogP contribution in [0.5, 0.6) is 0 Å². The second-order valence-corrected chi connectivity index (χ2v) is 6.25. The highest BCUT2D eigenvalue weighted by Crippen LogP contribution is 2.30. The van der Waals surface area contributed by atoms with Crippen molar-refractivity contribution in [2.24, 2.45) is 14.1 Å². The van der Waals surface area contributed by atoms with Crippen LogP contribution in [-0.2, 0) is 18.8 Å². The van der Waals surface area contributed by atoms with Gasteiger partial charge in [-0.3, -0.25) is 13.9 Å². The molecule has 0 aliphatic carbocycles. The zero-order valence-electron chi connectivity index (χ0n) is 13.9. The van der Waals surface area contributed by atoms with Crippen LogP contribution < -0.4 is 16.1 Å². The molecule has 0 N–H and O–H groups in total. The summed E-state index contributed by atoms with van der Waals surface area (Å²) in [6, 6.07) is 9.31. The summed E-state index contributed by atoms with van der Waals surface area (Å²) >= 11 is 6.25. The predicted molar refractivity (Wildman–Crippen MR) is 94.0 cm³/mol. The number of morpholine rings is 1. The molecule has 1 aliphatic heterocycles. The Labute approximate surface area is 149 Å². The van der Waals surface area contributed by atoms with E-state index in [9.17, 15) is 14.9 Å². The van der Waals surface area contributed by atoms with E-state index >= 15 is 0 Å². The second kappa shape index (κ2) is 6.75. The molecule has 3 rings (SSSR count). The van der Waals surface area contributed by atoms with Crippen LogP contribution in [0.15, 0.2) is 33.9 Å². The topological polar surface area (TPSA) is 80.3 Å². The smallest absolute Gasteiger partial charge is 0.332 e. The summed E-state index contributed by atoms with van der Waals surface area (Å²) in [4.78, 5) is 26.4. The number of aromatic nitrogens is 2. The highest BCUT2D eigenvalue weighted by Gasteiger charge is 2.28. The number of benzene rings is 1. The Hall–Kier alpha value is -2.56. The van der Waals surface area contributed by atoms with Gasteiger partial charge >= 0.3 is 5.69 Å². The van der Waals surface area contributed by atoms with Crippen molar-refractivity contribution in [3.05, 3.63) is 61.3 Å². The lowest BCUT2D eigenvalue weighted by Crippen LogP contribution is -2.46. The molecule has 8 heteroatoms. The van der Waals surface area contributed by atoms with E-state index < -0.39 is 11.2 Å². The van der Waals surface area contributed by atoms with Crippen LogP contribution in [0.1, 0.15) is 17.2 Å². The van der Waals surface area contributed by atoms with Gasteiger partial charge in [0.15, 0.2) is 5.56 Å². The monoisotopic (exact) mass is 360 g/mol. The predicted octanol–water partition coefficient (Wildman–Crippen LogP) is 1.19. The minimum atomic E-state index is -0.596. The van der Waals surface area contributed by atoms with Gasteiger partial charge in [0.05, 0.1) is 6.61 Å². The van der Waals surface area contributed by atoms with Crippen LogP contribution in [0.3, 0.4) is 0 Å². The second-order valence-electron chi connectivity index (χ2n) is 5.84. The summed E-state index contributed by atoms with van der Waals surface area (Å²) in [6.07, 6.45) is -0.312. The molecule has 0 radical (unpaired) electrons. The van der Waals surface area contributed by atoms with Crippen LogP contribution in [0.25, 0.3) is 0 Å². The maximum atomic E-state index is 12.3. The molecule has 7 nitrogen and oxygen atoms in total. The third-order valence-electron chi connectivity index (χ3n) is 4.36. The van der Waals surface area contributed by atoms with Crippen LogP contribution in [0, 0.1) is 11.3 Å². The molecule has 25 heavy (non-hydrogen) atoms. The first-order valence-corrected chi connectivity index (χ1v) is 8.14. The summed E-state index contributed by atoms with van der Waals surface area (Å²) in [7, 11) is 2.92. The molecule has 1 aliphatic rings. The fourth-order valence-corrected chi connectivity index (χ4v) is 3.33. The Kier molecular flexibility index (Phi) is 4.66. The average Bonchev–Trinajstić information content (AvgIpc) is 2.63. The van der Waals surface area contributed by atoms with Crippen molar-refractivity contribution in [2.45, 2.75) is 6.10 Å². The maximum absolute atomic E-state index is 12.3. The molecule has 0 bridgehead atoms. The molecule has 2 heterocycles. The number of nitriles is 1. The van der Waals surface area contributed by atoms with Gasteiger partial charge in [-0.2, -0.15) is 5.26 Å². The third-order valence-corrected chi connectivity index (χ3v) is 4.71. The van der Waals surface area contributed by atoms with Crippen molar-refractivity contribution in [1.29, 1.82) is 5.26 Å². The van der Waals surface area contributed by atoms with Crippen molar-refractivity contribution in [3.8, 4) is 6.07 Å². The van der Waals surface area contributed by atoms with Crippen LogP contribution >= 0.6 is 11.6 Å². The molecule has 1 fully saturated rings. The minimum Gasteiger partial charge on any atom is -0.370 e. The Morgan fingerprint density at radius 2 is 1.96 bits per heavy atom. The van der Waals surface area contributed by atoms with Gasteiger partial charge < -0.3 is 9.64 Å². The van der Waals surface area contributed by atoms with Gasteiger partial charge in [-0.25, -0.2) is 4.79 Å². The Bertz CT molecular complexity index is 973. The molecule has 0 saturated carbocycles. The normalized spacial score (nSPS) is 17.4. The number of hydrogen-bond donors (Lipinski definition) is 0. The lowest BCUT2D eigenvalue weighted by molar-refractivity contribution is 0.0393. The first-order valence-electron chi connectivity index (χ1n) is 7.76. The van der Waals surface area contributed by atoms with Crippen LogP contribution in [0.2, 0.25) is 5.02 Å². The summed E-state index contributed by atoms with van der Waals surface area (Å²) in [5, 5.41) is 10.0. The molecule has 1 atom stereocenters. The summed E-state index contributed by atoms with van der Waals surface area (Å²) < 4.78 is 8.08. The first kappa shape index (κ1) is 17.3. The van der Waals surface area contributed by atoms with Gasteiger partial charge in [0.2, 0.25) is 0 Å². The number of ether oxygens (including phenoxy) is 1. The molecule has 1 saturated heterocycles. The fourth-order valence-electron chi connectivity index (χ4n) is 3.07. The van der Waals surface area contributed by atoms with Gasteiger partial charge in [0.1, 0.15) is 18.0 Å². The number of anilines is 1. The fraction of sp³-hybridized carbons (Fsp3) is 0.353. The Balaban J connectivity index is 2.06. The SMILES string of the molecule is Cn1c(N2CCOC(c3ccccc3Cl)C2)c(C#N)c(=O)n(C)c1=O. The highest BCUT2D eigenvalue weighted by molar-refractivity contribution is 6.31. The van der Waals surface area contributed by atoms with E-state index in [2.05, 4.69) is 0 Å². The molecule has 1 aromatic heterocycles. The largest absolute Gasteiger partial charge is 0.370 e. The van der Waals surface area contributed by atoms with Crippen LogP contribution in [0.4, 0.5) is 5.82 Å². The molecule has 130 valence electrons. The summed E-state index contributed by atoms with van der Waals surface area (Å²) in [5.74, 6) is 0.316. The van der Waals surface area contributed by atoms with E-state index in [0.717, 1.165) is 10.1 Å². The van der Waals surface area contributed by atoms with Gasteiger partial charge in [0, 0.05) is 37.8 Å². The number of rotatable bonds is 2. The van der Waals surface area contributed by atoms with Gasteiger partial charge in [-0.15, -0.1) is 0 Å². The Morgan fingerprint density at radius 1 is 1.24 bits per heavy atom. The molecule has 0 amide bonds. The number of halogens is 1. The quantitative estimate of drug-likeness (QED) is 0.803. The highest BCUT2D eigenvalue weighted by atomic mass is 35.5. The number of nitrogens with zero attached hydrogens (tertiary/aromatic N) is 4. The molecule has 2 aromatic rings. The van der Waals surface area contributed by atoms with Crippen molar-refractivity contribution in [1.82, 2.24) is 9.13 Å². The van der Waals surface area contributed by atoms with E-state index in [1.54, 1.807) is 13.1 Å². The van der Waals surface area contributed by atoms with Crippen molar-refractivity contribution in [2.75, 3.05) is 24.6 Å². The van der Waals surface area contributed by atoms with E-state index in [1.165, 1.54) is 11.6 Å². The van der Waals surface area contributed by atoms with Gasteiger partial charge in [-0.05, 0) is 6.07 Å². The van der Waals surface area contributed by atoms with E-state index in [4.69, 9.17) is 16.3 Å². The van der Waals surface area contributed by atoms with E-state index in [0.29, 0.717) is 30.5 Å². The third kappa shape index (κ3) is 2.95. The zero-order valence-corrected chi connectivity index (χ0v) is 14.7. The molecule has 0 spiro atoms. The maximum Gasteiger partial charge on any atom is 0.332 e. The van der Waals surface area contributed by atoms with Crippen molar-refractivity contribution < 1.29 is 4.74 Å². The zero-order chi connectivity index (χ0) is 18.1. The minimum absolute atomic E-state index is 0.0515. The molecular formula is C17H17ClN4O3. The van der Waals surface area contributed by atoms with Gasteiger partial charge in [-0.1, -0.05) is 29.8 Å². The van der Waals surface area contributed by atoms with Gasteiger partial charge in [0.25, 0.3) is 5.56 Å². The molecule has 1 unspecified atom stereocenters. The Morgan fingerprint density at radius 3 is 2.64 bits per heavy atom. The molecule has 1 aromatic carbocycles. The average molecular weight is 361 g/mol. The summed E-state index contributed by atoms with van der Waals surface area (Å²) in [6.45, 7) is 1.25. The van der Waals surface area contributed by atoms with E-state index in [-0.39, 0.29) is 11.7 Å². The van der Waals surface area contributed by atoms with Crippen molar-refractivity contribution >= 4 is 17.4 Å². The van der Waals surface area contributed by atoms with Crippen molar-refractivity contribution in [3.63, 3.8) is 0 Å². The standard InChI is InChI=1S/C17H17ClN4O3/c1-20-15(12(9-19)16(23)21(2)17(20)24)22-7-8-25-14(10-22)11-5-3-4-6-13(11)18/h3-6,14H,7-8,10H2,1-2H3. The molecular weight excluding hydrogens is 344 g/mol. The summed E-state index contributed by atoms with van der Waals surface area (Å²) in [5.41, 5.74) is -0.285. The lowest BCUT2D eigenvalue weighted by Gasteiger charge is -2.36. The first-order chi connectivity index (χ1) is 12.0. The van der Waals surface area contributed by atoms with E-state index in [1.807, 2.05) is 29.2 Å². The van der Waals surface area contributed by atoms with Crippen LogP contribution in [-0.4, -0.2) is 28.8 Å². The lowest BCUT2D eigenvalue weighted by atomic mass is 10.1. The number of hydrogen-bond acceptors (Lipinski definition) is 5.